The van der Waals surface area contributed by atoms with E-state index in [0.717, 1.165) is 17.8 Å². The van der Waals surface area contributed by atoms with Gasteiger partial charge in [0.25, 0.3) is 0 Å². The van der Waals surface area contributed by atoms with Crippen LogP contribution in [0, 0.1) is 0 Å². The molecule has 0 aliphatic carbocycles. The topological polar surface area (TPSA) is 30.0 Å². The molecule has 0 bridgehead atoms. The largest absolute Gasteiger partial charge is 0.291 e. The van der Waals surface area contributed by atoms with Crippen LogP contribution in [0.2, 0.25) is 0 Å². The lowest BCUT2D eigenvalue weighted by Gasteiger charge is -1.88. The van der Waals surface area contributed by atoms with E-state index in [2.05, 4.69) is 11.9 Å². The Morgan fingerprint density at radius 1 is 1.75 bits per heavy atom. The maximum absolute atomic E-state index is 11.0. The van der Waals surface area contributed by atoms with Crippen molar-refractivity contribution in [1.29, 1.82) is 0 Å². The molecule has 1 rings (SSSR count). The Kier molecular flexibility index (Phi) is 3.69. The molecule has 0 spiro atoms. The summed E-state index contributed by atoms with van der Waals surface area (Å²) in [5, 5.41) is 2.79. The number of ketones is 1. The fraction of sp³-hybridized carbons (Fsp3) is 0.500. The zero-order valence-corrected chi connectivity index (χ0v) is 8.41. The predicted molar refractivity (Wildman–Crippen MR) is 51.2 cm³/mol. The first-order chi connectivity index (χ1) is 5.77. The van der Waals surface area contributed by atoms with Crippen molar-refractivity contribution in [2.45, 2.75) is 19.8 Å². The van der Waals surface area contributed by atoms with E-state index in [-0.39, 0.29) is 11.7 Å². The van der Waals surface area contributed by atoms with Crippen LogP contribution >= 0.6 is 22.9 Å². The molecule has 0 aliphatic heterocycles. The maximum atomic E-state index is 11.0. The van der Waals surface area contributed by atoms with E-state index in [9.17, 15) is 4.79 Å². The number of Topliss-reactive ketones (excluding diaryl/α,β-unsaturated/α-hetero) is 1. The molecule has 12 heavy (non-hydrogen) atoms. The molecule has 2 nitrogen and oxygen atoms in total. The lowest BCUT2D eigenvalue weighted by Crippen LogP contribution is -2.00. The van der Waals surface area contributed by atoms with Gasteiger partial charge in [-0.15, -0.1) is 22.9 Å². The van der Waals surface area contributed by atoms with E-state index in [4.69, 9.17) is 11.6 Å². The summed E-state index contributed by atoms with van der Waals surface area (Å²) in [6, 6.07) is 0. The van der Waals surface area contributed by atoms with Crippen LogP contribution in [0.1, 0.15) is 28.8 Å². The minimum atomic E-state index is -0.0877. The molecule has 1 aromatic heterocycles. The third-order valence-corrected chi connectivity index (χ3v) is 2.57. The third kappa shape index (κ3) is 2.29. The zero-order chi connectivity index (χ0) is 8.97. The van der Waals surface area contributed by atoms with Crippen LogP contribution in [0.15, 0.2) is 5.38 Å². The molecule has 0 radical (unpaired) electrons. The van der Waals surface area contributed by atoms with Crippen LogP contribution in [0.5, 0.6) is 0 Å². The smallest absolute Gasteiger partial charge is 0.196 e. The number of hydrogen-bond donors (Lipinski definition) is 0. The van der Waals surface area contributed by atoms with Crippen molar-refractivity contribution in [1.82, 2.24) is 4.98 Å². The fourth-order valence-corrected chi connectivity index (χ4v) is 1.88. The van der Waals surface area contributed by atoms with Crippen LogP contribution in [-0.2, 0) is 6.42 Å². The van der Waals surface area contributed by atoms with Gasteiger partial charge in [-0.05, 0) is 12.8 Å². The number of aromatic nitrogens is 1. The van der Waals surface area contributed by atoms with E-state index in [1.54, 1.807) is 5.38 Å². The Hall–Kier alpha value is -0.410. The molecule has 0 aromatic carbocycles. The van der Waals surface area contributed by atoms with Gasteiger partial charge in [-0.2, -0.15) is 0 Å². The first-order valence-corrected chi connectivity index (χ1v) is 5.23. The van der Waals surface area contributed by atoms with Gasteiger partial charge in [0.15, 0.2) is 5.78 Å². The normalized spacial score (nSPS) is 10.2. The maximum Gasteiger partial charge on any atom is 0.196 e. The van der Waals surface area contributed by atoms with E-state index in [1.807, 2.05) is 0 Å². The Bertz CT molecular complexity index is 272. The lowest BCUT2D eigenvalue weighted by molar-refractivity contribution is 0.101. The van der Waals surface area contributed by atoms with Gasteiger partial charge in [-0.1, -0.05) is 6.92 Å². The summed E-state index contributed by atoms with van der Waals surface area (Å²) >= 11 is 6.92. The van der Waals surface area contributed by atoms with Crippen LogP contribution in [0.3, 0.4) is 0 Å². The van der Waals surface area contributed by atoms with E-state index >= 15 is 0 Å². The van der Waals surface area contributed by atoms with Crippen molar-refractivity contribution in [3.05, 3.63) is 16.1 Å². The number of halogens is 1. The highest BCUT2D eigenvalue weighted by Gasteiger charge is 2.08. The molecule has 0 amide bonds. The Morgan fingerprint density at radius 2 is 2.50 bits per heavy atom. The highest BCUT2D eigenvalue weighted by Crippen LogP contribution is 2.12. The number of carbonyl (C=O) groups is 1. The number of aryl methyl sites for hydroxylation is 1. The second kappa shape index (κ2) is 4.58. The molecule has 4 heteroatoms. The molecule has 0 unspecified atom stereocenters. The van der Waals surface area contributed by atoms with Crippen LogP contribution in [0.25, 0.3) is 0 Å². The van der Waals surface area contributed by atoms with Gasteiger partial charge in [0.2, 0.25) is 0 Å². The van der Waals surface area contributed by atoms with Crippen molar-refractivity contribution in [2.24, 2.45) is 0 Å². The van der Waals surface area contributed by atoms with Gasteiger partial charge in [0, 0.05) is 5.38 Å². The van der Waals surface area contributed by atoms with Gasteiger partial charge >= 0.3 is 0 Å². The summed E-state index contributed by atoms with van der Waals surface area (Å²) in [5.74, 6) is -0.0646. The lowest BCUT2D eigenvalue weighted by atomic mass is 10.3. The van der Waals surface area contributed by atoms with Crippen molar-refractivity contribution >= 4 is 28.7 Å². The summed E-state index contributed by atoms with van der Waals surface area (Å²) in [4.78, 5) is 15.2. The van der Waals surface area contributed by atoms with Gasteiger partial charge in [0.1, 0.15) is 5.69 Å². The highest BCUT2D eigenvalue weighted by molar-refractivity contribution is 7.09. The van der Waals surface area contributed by atoms with Crippen LogP contribution in [-0.4, -0.2) is 16.6 Å². The summed E-state index contributed by atoms with van der Waals surface area (Å²) in [7, 11) is 0. The molecule has 1 aromatic rings. The van der Waals surface area contributed by atoms with Gasteiger partial charge in [0.05, 0.1) is 10.9 Å². The van der Waals surface area contributed by atoms with E-state index in [0.29, 0.717) is 5.69 Å². The molecule has 0 aliphatic rings. The van der Waals surface area contributed by atoms with Gasteiger partial charge in [-0.3, -0.25) is 4.79 Å². The quantitative estimate of drug-likeness (QED) is 0.556. The molecule has 66 valence electrons. The third-order valence-electron chi connectivity index (χ3n) is 1.42. The van der Waals surface area contributed by atoms with Gasteiger partial charge in [-0.25, -0.2) is 4.98 Å². The standard InChI is InChI=1S/C8H10ClNOS/c1-2-3-8-10-6(5-12-8)7(11)4-9/h5H,2-4H2,1H3. The number of hydrogen-bond acceptors (Lipinski definition) is 3. The highest BCUT2D eigenvalue weighted by atomic mass is 35.5. The Balaban J connectivity index is 2.70. The first kappa shape index (κ1) is 9.68. The molecule has 0 atom stereocenters. The van der Waals surface area contributed by atoms with Gasteiger partial charge < -0.3 is 0 Å². The average molecular weight is 204 g/mol. The number of alkyl halides is 1. The first-order valence-electron chi connectivity index (χ1n) is 3.81. The number of rotatable bonds is 4. The number of thiazole rings is 1. The average Bonchev–Trinajstić information content (AvgIpc) is 2.52. The van der Waals surface area contributed by atoms with Crippen molar-refractivity contribution < 1.29 is 4.79 Å². The number of carbonyl (C=O) groups excluding carboxylic acids is 1. The Labute approximate surface area is 80.6 Å². The summed E-state index contributed by atoms with van der Waals surface area (Å²) in [5.41, 5.74) is 0.512. The number of nitrogens with zero attached hydrogens (tertiary/aromatic N) is 1. The van der Waals surface area contributed by atoms with Crippen molar-refractivity contribution in [2.75, 3.05) is 5.88 Å². The molecule has 1 heterocycles. The summed E-state index contributed by atoms with van der Waals surface area (Å²) < 4.78 is 0. The SMILES string of the molecule is CCCc1nc(C(=O)CCl)cs1. The second-order valence-electron chi connectivity index (χ2n) is 2.43. The fourth-order valence-electron chi connectivity index (χ4n) is 0.836. The molecule has 0 saturated heterocycles. The molecular weight excluding hydrogens is 194 g/mol. The second-order valence-corrected chi connectivity index (χ2v) is 3.64. The van der Waals surface area contributed by atoms with Crippen molar-refractivity contribution in [3.8, 4) is 0 Å². The van der Waals surface area contributed by atoms with Crippen LogP contribution < -0.4 is 0 Å². The summed E-state index contributed by atoms with van der Waals surface area (Å²) in [6.45, 7) is 2.09. The minimum Gasteiger partial charge on any atom is -0.291 e. The molecular formula is C8H10ClNOS. The van der Waals surface area contributed by atoms with E-state index < -0.39 is 0 Å². The molecule has 0 saturated carbocycles. The van der Waals surface area contributed by atoms with Crippen molar-refractivity contribution in [3.63, 3.8) is 0 Å². The summed E-state index contributed by atoms with van der Waals surface area (Å²) in [6.07, 6.45) is 2.00. The predicted octanol–water partition coefficient (Wildman–Crippen LogP) is 2.52. The monoisotopic (exact) mass is 203 g/mol. The molecule has 0 N–H and O–H groups in total. The zero-order valence-electron chi connectivity index (χ0n) is 6.84. The van der Waals surface area contributed by atoms with E-state index in [1.165, 1.54) is 11.3 Å². The Morgan fingerprint density at radius 3 is 3.08 bits per heavy atom. The van der Waals surface area contributed by atoms with Crippen LogP contribution in [0.4, 0.5) is 0 Å². The molecule has 0 fully saturated rings. The minimum absolute atomic E-state index is 0.0231.